The molecule has 0 saturated carbocycles. The van der Waals surface area contributed by atoms with E-state index in [2.05, 4.69) is 0 Å². The van der Waals surface area contributed by atoms with Crippen molar-refractivity contribution in [2.45, 2.75) is 19.4 Å². The number of aliphatic hydroxyl groups excluding tert-OH is 1. The minimum absolute atomic E-state index is 0.197. The van der Waals surface area contributed by atoms with Crippen LogP contribution >= 0.6 is 0 Å². The number of rotatable bonds is 1. The maximum Gasteiger partial charge on any atom is 0.331 e. The van der Waals surface area contributed by atoms with Crippen LogP contribution in [0.3, 0.4) is 0 Å². The van der Waals surface area contributed by atoms with Gasteiger partial charge in [-0.05, 0) is 6.42 Å². The Morgan fingerprint density at radius 1 is 1.75 bits per heavy atom. The topological polar surface area (TPSA) is 78.6 Å². The lowest BCUT2D eigenvalue weighted by molar-refractivity contribution is 0.140. The quantitative estimate of drug-likeness (QED) is 0.278. The number of nitrogens with two attached hydrogens (primary N) is 1. The van der Waals surface area contributed by atoms with Crippen LogP contribution in [-0.4, -0.2) is 35.2 Å². The van der Waals surface area contributed by atoms with Crippen molar-refractivity contribution in [2.75, 3.05) is 13.1 Å². The standard InChI is InChI=1S/C7H15N3O2/c1-2-5-3-10(4-6(5)11)7(12)9-8/h5-6,11H,2-4,8H2,1H3,(H,9,12). The molecular formula is C7H15N3O2. The van der Waals surface area contributed by atoms with E-state index in [1.807, 2.05) is 12.3 Å². The summed E-state index contributed by atoms with van der Waals surface area (Å²) in [6.45, 7) is 2.99. The van der Waals surface area contributed by atoms with Crippen LogP contribution < -0.4 is 11.3 Å². The number of urea groups is 1. The molecule has 0 aliphatic carbocycles. The maximum atomic E-state index is 11.0. The predicted octanol–water partition coefficient (Wildman–Crippen LogP) is -0.728. The van der Waals surface area contributed by atoms with Crippen molar-refractivity contribution in [3.63, 3.8) is 0 Å². The normalized spacial score (nSPS) is 29.1. The van der Waals surface area contributed by atoms with Crippen LogP contribution in [0.2, 0.25) is 0 Å². The van der Waals surface area contributed by atoms with Gasteiger partial charge >= 0.3 is 6.03 Å². The zero-order valence-corrected chi connectivity index (χ0v) is 7.16. The second-order valence-electron chi connectivity index (χ2n) is 3.09. The molecule has 0 spiro atoms. The molecule has 1 saturated heterocycles. The van der Waals surface area contributed by atoms with Gasteiger partial charge in [0.1, 0.15) is 0 Å². The zero-order chi connectivity index (χ0) is 9.14. The number of β-amino-alcohol motifs (C(OH)–C–C–N with tert-alkyl or cyclic N) is 1. The summed E-state index contributed by atoms with van der Waals surface area (Å²) in [6, 6.07) is -0.315. The van der Waals surface area contributed by atoms with Crippen LogP contribution in [0.4, 0.5) is 4.79 Å². The Morgan fingerprint density at radius 3 is 2.83 bits per heavy atom. The fourth-order valence-electron chi connectivity index (χ4n) is 1.51. The Balaban J connectivity index is 2.48. The van der Waals surface area contributed by atoms with Crippen LogP contribution in [-0.2, 0) is 0 Å². The van der Waals surface area contributed by atoms with E-state index in [1.165, 1.54) is 4.90 Å². The molecule has 1 aliphatic rings. The molecule has 0 bridgehead atoms. The second kappa shape index (κ2) is 3.73. The molecule has 12 heavy (non-hydrogen) atoms. The summed E-state index contributed by atoms with van der Waals surface area (Å²) in [5.74, 6) is 5.16. The molecule has 0 aromatic heterocycles. The van der Waals surface area contributed by atoms with Crippen molar-refractivity contribution in [1.29, 1.82) is 0 Å². The van der Waals surface area contributed by atoms with Gasteiger partial charge in [0, 0.05) is 19.0 Å². The monoisotopic (exact) mass is 173 g/mol. The number of hydrogen-bond acceptors (Lipinski definition) is 3. The summed E-state index contributed by atoms with van der Waals surface area (Å²) in [7, 11) is 0. The van der Waals surface area contributed by atoms with Crippen molar-refractivity contribution in [3.8, 4) is 0 Å². The van der Waals surface area contributed by atoms with E-state index in [0.717, 1.165) is 6.42 Å². The van der Waals surface area contributed by atoms with E-state index in [1.54, 1.807) is 0 Å². The third-order valence-corrected chi connectivity index (χ3v) is 2.34. The lowest BCUT2D eigenvalue weighted by Crippen LogP contribution is -2.42. The van der Waals surface area contributed by atoms with Crippen molar-refractivity contribution in [3.05, 3.63) is 0 Å². The highest BCUT2D eigenvalue weighted by Crippen LogP contribution is 2.19. The number of carbonyl (C=O) groups excluding carboxylic acids is 1. The molecule has 1 rings (SSSR count). The van der Waals surface area contributed by atoms with Gasteiger partial charge in [-0.25, -0.2) is 10.6 Å². The van der Waals surface area contributed by atoms with Crippen LogP contribution in [0.5, 0.6) is 0 Å². The van der Waals surface area contributed by atoms with E-state index >= 15 is 0 Å². The first-order valence-corrected chi connectivity index (χ1v) is 4.12. The maximum absolute atomic E-state index is 11.0. The Hall–Kier alpha value is -0.810. The van der Waals surface area contributed by atoms with Gasteiger partial charge in [-0.3, -0.25) is 5.43 Å². The number of nitrogens with zero attached hydrogens (tertiary/aromatic N) is 1. The third-order valence-electron chi connectivity index (χ3n) is 2.34. The molecule has 2 atom stereocenters. The van der Waals surface area contributed by atoms with Crippen molar-refractivity contribution in [2.24, 2.45) is 11.8 Å². The van der Waals surface area contributed by atoms with E-state index in [0.29, 0.717) is 13.1 Å². The number of aliphatic hydroxyl groups is 1. The van der Waals surface area contributed by atoms with Crippen LogP contribution in [0.1, 0.15) is 13.3 Å². The second-order valence-corrected chi connectivity index (χ2v) is 3.09. The first-order chi connectivity index (χ1) is 5.69. The Bertz CT molecular complexity index is 174. The molecule has 0 radical (unpaired) electrons. The smallest absolute Gasteiger partial charge is 0.331 e. The van der Waals surface area contributed by atoms with Crippen LogP contribution in [0.15, 0.2) is 0 Å². The molecule has 0 aromatic rings. The van der Waals surface area contributed by atoms with Crippen molar-refractivity contribution >= 4 is 6.03 Å². The lowest BCUT2D eigenvalue weighted by atomic mass is 10.0. The summed E-state index contributed by atoms with van der Waals surface area (Å²) in [5, 5.41) is 9.44. The summed E-state index contributed by atoms with van der Waals surface area (Å²) in [5.41, 5.74) is 2.05. The lowest BCUT2D eigenvalue weighted by Gasteiger charge is -2.13. The highest BCUT2D eigenvalue weighted by molar-refractivity contribution is 5.73. The van der Waals surface area contributed by atoms with Gasteiger partial charge in [-0.2, -0.15) is 0 Å². The molecule has 0 aromatic carbocycles. The average molecular weight is 173 g/mol. The predicted molar refractivity (Wildman–Crippen MR) is 44.1 cm³/mol. The van der Waals surface area contributed by atoms with Crippen molar-refractivity contribution < 1.29 is 9.90 Å². The molecule has 2 amide bonds. The fraction of sp³-hybridized carbons (Fsp3) is 0.857. The SMILES string of the molecule is CCC1CN(C(=O)NN)CC1O. The van der Waals surface area contributed by atoms with Crippen LogP contribution in [0, 0.1) is 5.92 Å². The average Bonchev–Trinajstić information content (AvgIpc) is 2.45. The first kappa shape index (κ1) is 9.28. The highest BCUT2D eigenvalue weighted by atomic mass is 16.3. The third kappa shape index (κ3) is 1.67. The number of hydrazine groups is 1. The molecule has 4 N–H and O–H groups in total. The van der Waals surface area contributed by atoms with Gasteiger partial charge in [0.15, 0.2) is 0 Å². The summed E-state index contributed by atoms with van der Waals surface area (Å²) in [6.07, 6.45) is 0.488. The van der Waals surface area contributed by atoms with Gasteiger partial charge in [0.05, 0.1) is 6.10 Å². The molecular weight excluding hydrogens is 158 g/mol. The number of nitrogens with one attached hydrogen (secondary N) is 1. The molecule has 70 valence electrons. The minimum atomic E-state index is -0.396. The minimum Gasteiger partial charge on any atom is -0.391 e. The Morgan fingerprint density at radius 2 is 2.42 bits per heavy atom. The largest absolute Gasteiger partial charge is 0.391 e. The fourth-order valence-corrected chi connectivity index (χ4v) is 1.51. The van der Waals surface area contributed by atoms with E-state index in [4.69, 9.17) is 5.84 Å². The van der Waals surface area contributed by atoms with Gasteiger partial charge < -0.3 is 10.0 Å². The Labute approximate surface area is 71.5 Å². The highest BCUT2D eigenvalue weighted by Gasteiger charge is 2.32. The first-order valence-electron chi connectivity index (χ1n) is 4.12. The number of amides is 2. The van der Waals surface area contributed by atoms with Gasteiger partial charge in [-0.1, -0.05) is 6.92 Å². The van der Waals surface area contributed by atoms with E-state index < -0.39 is 6.10 Å². The van der Waals surface area contributed by atoms with Gasteiger partial charge in [0.2, 0.25) is 0 Å². The molecule has 5 nitrogen and oxygen atoms in total. The molecule has 1 aliphatic heterocycles. The zero-order valence-electron chi connectivity index (χ0n) is 7.16. The van der Waals surface area contributed by atoms with Gasteiger partial charge in [-0.15, -0.1) is 0 Å². The number of likely N-dealkylation sites (tertiary alicyclic amines) is 1. The summed E-state index contributed by atoms with van der Waals surface area (Å²) < 4.78 is 0. The van der Waals surface area contributed by atoms with Crippen molar-refractivity contribution in [1.82, 2.24) is 10.3 Å². The molecule has 2 unspecified atom stereocenters. The van der Waals surface area contributed by atoms with E-state index in [-0.39, 0.29) is 11.9 Å². The summed E-state index contributed by atoms with van der Waals surface area (Å²) >= 11 is 0. The number of hydrogen-bond donors (Lipinski definition) is 3. The number of carbonyl (C=O) groups is 1. The van der Waals surface area contributed by atoms with Gasteiger partial charge in [0.25, 0.3) is 0 Å². The molecule has 1 fully saturated rings. The molecule has 1 heterocycles. The van der Waals surface area contributed by atoms with E-state index in [9.17, 15) is 9.90 Å². The van der Waals surface area contributed by atoms with Crippen LogP contribution in [0.25, 0.3) is 0 Å². The Kier molecular flexibility index (Phi) is 2.88. The summed E-state index contributed by atoms with van der Waals surface area (Å²) in [4.78, 5) is 12.5. The molecule has 5 heteroatoms.